The molecule has 1 aliphatic heterocycles. The Balaban J connectivity index is 1.64. The lowest BCUT2D eigenvalue weighted by Gasteiger charge is -2.37. The fourth-order valence-electron chi connectivity index (χ4n) is 3.54. The molecule has 154 valence electrons. The first-order chi connectivity index (χ1) is 13.8. The second kappa shape index (κ2) is 9.03. The molecule has 1 fully saturated rings. The molecule has 1 aromatic carbocycles. The van der Waals surface area contributed by atoms with Crippen LogP contribution in [0.4, 0.5) is 15.9 Å². The number of rotatable bonds is 6. The molecule has 29 heavy (non-hydrogen) atoms. The van der Waals surface area contributed by atoms with Crippen molar-refractivity contribution in [1.82, 2.24) is 4.98 Å². The van der Waals surface area contributed by atoms with E-state index in [9.17, 15) is 9.18 Å². The monoisotopic (exact) mass is 398 g/mol. The van der Waals surface area contributed by atoms with Crippen LogP contribution in [0.2, 0.25) is 0 Å². The summed E-state index contributed by atoms with van der Waals surface area (Å²) in [7, 11) is 0. The highest BCUT2D eigenvalue weighted by atomic mass is 19.1. The third-order valence-corrected chi connectivity index (χ3v) is 4.90. The summed E-state index contributed by atoms with van der Waals surface area (Å²) in [6.45, 7) is 8.44. The van der Waals surface area contributed by atoms with Crippen molar-refractivity contribution in [3.8, 4) is 0 Å². The second-order valence-corrected chi connectivity index (χ2v) is 7.55. The van der Waals surface area contributed by atoms with Crippen molar-refractivity contribution in [2.75, 3.05) is 36.0 Å². The predicted octanol–water partition coefficient (Wildman–Crippen LogP) is 3.64. The van der Waals surface area contributed by atoms with Crippen LogP contribution in [0.15, 0.2) is 30.5 Å². The van der Waals surface area contributed by atoms with Gasteiger partial charge in [0.1, 0.15) is 6.61 Å². The van der Waals surface area contributed by atoms with Gasteiger partial charge in [-0.1, -0.05) is 6.07 Å². The molecule has 0 atom stereocenters. The molecule has 6 nitrogen and oxygen atoms in total. The van der Waals surface area contributed by atoms with Crippen LogP contribution in [0.25, 0.3) is 0 Å². The highest BCUT2D eigenvalue weighted by Gasteiger charge is 2.22. The van der Waals surface area contributed by atoms with E-state index in [4.69, 9.17) is 10.1 Å². The average molecular weight is 398 g/mol. The SMILES string of the molecule is CC(=N)CC(=O)OCc1ccnc(N2CCN(c3cc(C)cc(C)c3)CC2)c1F. The Morgan fingerprint density at radius 3 is 2.38 bits per heavy atom. The third kappa shape index (κ3) is 5.31. The quantitative estimate of drug-likeness (QED) is 0.594. The number of halogens is 1. The van der Waals surface area contributed by atoms with Gasteiger partial charge in [-0.2, -0.15) is 0 Å². The number of hydrogen-bond donors (Lipinski definition) is 1. The normalized spacial score (nSPS) is 14.1. The van der Waals surface area contributed by atoms with Crippen LogP contribution >= 0.6 is 0 Å². The third-order valence-electron chi connectivity index (χ3n) is 4.90. The van der Waals surface area contributed by atoms with Gasteiger partial charge in [-0.15, -0.1) is 0 Å². The summed E-state index contributed by atoms with van der Waals surface area (Å²) in [5, 5.41) is 7.32. The second-order valence-electron chi connectivity index (χ2n) is 7.55. The van der Waals surface area contributed by atoms with E-state index in [0.29, 0.717) is 24.5 Å². The van der Waals surface area contributed by atoms with Crippen LogP contribution in [-0.4, -0.2) is 42.8 Å². The lowest BCUT2D eigenvalue weighted by atomic mass is 10.1. The lowest BCUT2D eigenvalue weighted by Crippen LogP contribution is -2.47. The Hall–Kier alpha value is -2.96. The van der Waals surface area contributed by atoms with Crippen LogP contribution in [0.5, 0.6) is 0 Å². The van der Waals surface area contributed by atoms with E-state index < -0.39 is 11.8 Å². The number of benzene rings is 1. The summed E-state index contributed by atoms with van der Waals surface area (Å²) in [6.07, 6.45) is 1.46. The van der Waals surface area contributed by atoms with Gasteiger partial charge in [-0.25, -0.2) is 9.37 Å². The summed E-state index contributed by atoms with van der Waals surface area (Å²) >= 11 is 0. The molecule has 0 aliphatic carbocycles. The standard InChI is InChI=1S/C22H27FN4O2/c1-15-10-16(2)12-19(11-15)26-6-8-27(9-7-26)22-21(23)18(4-5-25-22)14-29-20(28)13-17(3)24/h4-5,10-12,24H,6-9,13-14H2,1-3H3. The number of aromatic nitrogens is 1. The molecule has 2 aromatic rings. The van der Waals surface area contributed by atoms with Crippen molar-refractivity contribution >= 4 is 23.2 Å². The Labute approximate surface area is 170 Å². The predicted molar refractivity (Wildman–Crippen MR) is 112 cm³/mol. The number of esters is 1. The maximum atomic E-state index is 14.9. The van der Waals surface area contributed by atoms with Crippen molar-refractivity contribution in [3.63, 3.8) is 0 Å². The van der Waals surface area contributed by atoms with Crippen LogP contribution in [0.3, 0.4) is 0 Å². The van der Waals surface area contributed by atoms with E-state index in [-0.39, 0.29) is 18.7 Å². The molecule has 1 aromatic heterocycles. The van der Waals surface area contributed by atoms with Crippen LogP contribution in [-0.2, 0) is 16.1 Å². The molecular formula is C22H27FN4O2. The highest BCUT2D eigenvalue weighted by Crippen LogP contribution is 2.24. The summed E-state index contributed by atoms with van der Waals surface area (Å²) in [5.41, 5.74) is 4.17. The number of piperazine rings is 1. The van der Waals surface area contributed by atoms with Crippen molar-refractivity contribution < 1.29 is 13.9 Å². The van der Waals surface area contributed by atoms with Gasteiger partial charge in [0, 0.05) is 49.3 Å². The minimum absolute atomic E-state index is 0.0834. The summed E-state index contributed by atoms with van der Waals surface area (Å²) in [4.78, 5) is 20.1. The van der Waals surface area contributed by atoms with Gasteiger partial charge in [-0.05, 0) is 50.1 Å². The minimum Gasteiger partial charge on any atom is -0.460 e. The van der Waals surface area contributed by atoms with Gasteiger partial charge in [0.05, 0.1) is 6.42 Å². The van der Waals surface area contributed by atoms with Crippen molar-refractivity contribution in [1.29, 1.82) is 5.41 Å². The summed E-state index contributed by atoms with van der Waals surface area (Å²) < 4.78 is 20.0. The summed E-state index contributed by atoms with van der Waals surface area (Å²) in [6, 6.07) is 8.02. The molecule has 0 bridgehead atoms. The minimum atomic E-state index is -0.530. The number of pyridine rings is 1. The number of aryl methyl sites for hydroxylation is 2. The molecule has 7 heteroatoms. The number of anilines is 2. The van der Waals surface area contributed by atoms with Gasteiger partial charge in [0.25, 0.3) is 0 Å². The maximum Gasteiger partial charge on any atom is 0.311 e. The highest BCUT2D eigenvalue weighted by molar-refractivity contribution is 5.95. The topological polar surface area (TPSA) is 69.5 Å². The van der Waals surface area contributed by atoms with Crippen LogP contribution in [0, 0.1) is 25.1 Å². The first kappa shape index (κ1) is 20.8. The Morgan fingerprint density at radius 1 is 1.14 bits per heavy atom. The fourth-order valence-corrected chi connectivity index (χ4v) is 3.54. The maximum absolute atomic E-state index is 14.9. The number of carbonyl (C=O) groups excluding carboxylic acids is 1. The molecule has 2 heterocycles. The number of nitrogens with zero attached hydrogens (tertiary/aromatic N) is 3. The zero-order valence-corrected chi connectivity index (χ0v) is 17.2. The van der Waals surface area contributed by atoms with E-state index >= 15 is 0 Å². The van der Waals surface area contributed by atoms with Crippen LogP contribution < -0.4 is 9.80 Å². The number of nitrogens with one attached hydrogen (secondary N) is 1. The molecule has 1 N–H and O–H groups in total. The Kier molecular flexibility index (Phi) is 6.46. The zero-order valence-electron chi connectivity index (χ0n) is 17.2. The number of carbonyl (C=O) groups is 1. The van der Waals surface area contributed by atoms with Gasteiger partial charge < -0.3 is 19.9 Å². The van der Waals surface area contributed by atoms with E-state index in [2.05, 4.69) is 41.9 Å². The molecule has 1 aliphatic rings. The van der Waals surface area contributed by atoms with Gasteiger partial charge in [0.2, 0.25) is 0 Å². The van der Waals surface area contributed by atoms with E-state index in [1.807, 2.05) is 4.90 Å². The first-order valence-electron chi connectivity index (χ1n) is 9.74. The van der Waals surface area contributed by atoms with E-state index in [1.165, 1.54) is 29.8 Å². The zero-order chi connectivity index (χ0) is 21.0. The Morgan fingerprint density at radius 2 is 1.76 bits per heavy atom. The average Bonchev–Trinajstić information content (AvgIpc) is 2.66. The van der Waals surface area contributed by atoms with Gasteiger partial charge in [-0.3, -0.25) is 4.79 Å². The summed E-state index contributed by atoms with van der Waals surface area (Å²) in [5.74, 6) is -0.689. The van der Waals surface area contributed by atoms with Gasteiger partial charge in [0.15, 0.2) is 11.6 Å². The van der Waals surface area contributed by atoms with Crippen molar-refractivity contribution in [2.24, 2.45) is 0 Å². The molecule has 0 unspecified atom stereocenters. The smallest absolute Gasteiger partial charge is 0.311 e. The first-order valence-corrected chi connectivity index (χ1v) is 9.74. The van der Waals surface area contributed by atoms with E-state index in [1.54, 1.807) is 6.20 Å². The largest absolute Gasteiger partial charge is 0.460 e. The molecule has 0 spiro atoms. The molecule has 0 saturated carbocycles. The van der Waals surface area contributed by atoms with Gasteiger partial charge >= 0.3 is 5.97 Å². The molecule has 1 saturated heterocycles. The van der Waals surface area contributed by atoms with Crippen molar-refractivity contribution in [2.45, 2.75) is 33.8 Å². The molecular weight excluding hydrogens is 371 g/mol. The molecule has 0 amide bonds. The molecule has 0 radical (unpaired) electrons. The van der Waals surface area contributed by atoms with Crippen molar-refractivity contribution in [3.05, 3.63) is 53.0 Å². The fraction of sp³-hybridized carbons (Fsp3) is 0.409. The lowest BCUT2D eigenvalue weighted by molar-refractivity contribution is -0.143. The van der Waals surface area contributed by atoms with Crippen LogP contribution in [0.1, 0.15) is 30.0 Å². The number of hydrogen-bond acceptors (Lipinski definition) is 6. The number of ether oxygens (including phenoxy) is 1. The van der Waals surface area contributed by atoms with E-state index in [0.717, 1.165) is 13.1 Å². The Bertz CT molecular complexity index is 887. The molecule has 3 rings (SSSR count).